The van der Waals surface area contributed by atoms with E-state index in [0.717, 1.165) is 17.7 Å². The molecule has 0 saturated carbocycles. The summed E-state index contributed by atoms with van der Waals surface area (Å²) in [6.07, 6.45) is 2.42. The Labute approximate surface area is 130 Å². The van der Waals surface area contributed by atoms with Crippen molar-refractivity contribution in [1.29, 1.82) is 5.26 Å². The van der Waals surface area contributed by atoms with Crippen LogP contribution in [0, 0.1) is 11.3 Å². The Kier molecular flexibility index (Phi) is 6.57. The molecule has 1 N–H and O–H groups in total. The third-order valence-corrected chi connectivity index (χ3v) is 3.39. The van der Waals surface area contributed by atoms with Crippen molar-refractivity contribution in [2.75, 3.05) is 12.0 Å². The molecule has 21 heavy (non-hydrogen) atoms. The summed E-state index contributed by atoms with van der Waals surface area (Å²) in [5, 5.41) is 11.7. The van der Waals surface area contributed by atoms with Crippen LogP contribution < -0.4 is 5.32 Å². The molecule has 0 unspecified atom stereocenters. The zero-order valence-corrected chi connectivity index (χ0v) is 13.8. The van der Waals surface area contributed by atoms with Crippen LogP contribution in [0.3, 0.4) is 0 Å². The van der Waals surface area contributed by atoms with Gasteiger partial charge >= 0.3 is 6.09 Å². The number of alkyl carbamates (subject to hydrolysis) is 1. The molecule has 1 rings (SSSR count). The van der Waals surface area contributed by atoms with Gasteiger partial charge in [0.05, 0.1) is 17.7 Å². The lowest BCUT2D eigenvalue weighted by Gasteiger charge is -2.24. The van der Waals surface area contributed by atoms with Gasteiger partial charge in [-0.1, -0.05) is 12.1 Å². The zero-order valence-electron chi connectivity index (χ0n) is 13.0. The van der Waals surface area contributed by atoms with Crippen LogP contribution in [0.4, 0.5) is 4.79 Å². The van der Waals surface area contributed by atoms with Crippen LogP contribution in [0.15, 0.2) is 24.3 Å². The standard InChI is InChI=1S/C16H22N2O2S/c1-16(2,3)20-15(19)18-14(9-10-21-4)13-7-5-12(11-17)6-8-13/h5-8,14H,9-10H2,1-4H3,(H,18,19)/t14-/m0/s1. The molecule has 1 aromatic carbocycles. The molecular formula is C16H22N2O2S. The summed E-state index contributed by atoms with van der Waals surface area (Å²) in [5.74, 6) is 0.931. The van der Waals surface area contributed by atoms with E-state index in [1.165, 1.54) is 0 Å². The number of hydrogen-bond acceptors (Lipinski definition) is 4. The molecule has 1 amide bonds. The molecule has 4 nitrogen and oxygen atoms in total. The molecule has 0 saturated heterocycles. The average Bonchev–Trinajstić information content (AvgIpc) is 2.41. The number of nitrogens with one attached hydrogen (secondary N) is 1. The minimum Gasteiger partial charge on any atom is -0.444 e. The molecule has 0 aliphatic carbocycles. The molecule has 114 valence electrons. The van der Waals surface area contributed by atoms with E-state index in [4.69, 9.17) is 10.00 Å². The van der Waals surface area contributed by atoms with E-state index in [0.29, 0.717) is 5.56 Å². The van der Waals surface area contributed by atoms with Crippen LogP contribution in [-0.2, 0) is 4.74 Å². The summed E-state index contributed by atoms with van der Waals surface area (Å²) < 4.78 is 5.31. The van der Waals surface area contributed by atoms with Crippen LogP contribution in [0.2, 0.25) is 0 Å². The fourth-order valence-electron chi connectivity index (χ4n) is 1.80. The van der Waals surface area contributed by atoms with E-state index in [-0.39, 0.29) is 6.04 Å². The molecular weight excluding hydrogens is 284 g/mol. The molecule has 0 aliphatic rings. The second-order valence-corrected chi connectivity index (χ2v) is 6.70. The molecule has 0 radical (unpaired) electrons. The summed E-state index contributed by atoms with van der Waals surface area (Å²) >= 11 is 1.73. The van der Waals surface area contributed by atoms with E-state index in [9.17, 15) is 4.79 Å². The second-order valence-electron chi connectivity index (χ2n) is 5.71. The highest BCUT2D eigenvalue weighted by Crippen LogP contribution is 2.20. The quantitative estimate of drug-likeness (QED) is 0.896. The number of ether oxygens (including phenoxy) is 1. The van der Waals surface area contributed by atoms with Crippen LogP contribution in [0.5, 0.6) is 0 Å². The number of hydrogen-bond donors (Lipinski definition) is 1. The van der Waals surface area contributed by atoms with Crippen molar-refractivity contribution in [3.05, 3.63) is 35.4 Å². The fraction of sp³-hybridized carbons (Fsp3) is 0.500. The minimum absolute atomic E-state index is 0.111. The molecule has 0 aromatic heterocycles. The van der Waals surface area contributed by atoms with Crippen molar-refractivity contribution < 1.29 is 9.53 Å². The van der Waals surface area contributed by atoms with Gasteiger partial charge in [-0.15, -0.1) is 0 Å². The number of rotatable bonds is 5. The summed E-state index contributed by atoms with van der Waals surface area (Å²) in [7, 11) is 0. The number of amides is 1. The van der Waals surface area contributed by atoms with Gasteiger partial charge in [-0.05, 0) is 56.9 Å². The highest BCUT2D eigenvalue weighted by Gasteiger charge is 2.20. The lowest BCUT2D eigenvalue weighted by molar-refractivity contribution is 0.0502. The summed E-state index contributed by atoms with van der Waals surface area (Å²) in [4.78, 5) is 11.9. The van der Waals surface area contributed by atoms with Gasteiger partial charge in [-0.25, -0.2) is 4.79 Å². The fourth-order valence-corrected chi connectivity index (χ4v) is 2.27. The number of carbonyl (C=O) groups excluding carboxylic acids is 1. The molecule has 0 aliphatic heterocycles. The largest absolute Gasteiger partial charge is 0.444 e. The van der Waals surface area contributed by atoms with E-state index in [1.807, 2.05) is 39.2 Å². The predicted molar refractivity (Wildman–Crippen MR) is 86.3 cm³/mol. The van der Waals surface area contributed by atoms with Crippen molar-refractivity contribution >= 4 is 17.9 Å². The maximum atomic E-state index is 11.9. The Morgan fingerprint density at radius 1 is 1.38 bits per heavy atom. The van der Waals surface area contributed by atoms with Gasteiger partial charge in [0.1, 0.15) is 5.60 Å². The van der Waals surface area contributed by atoms with E-state index in [1.54, 1.807) is 23.9 Å². The maximum absolute atomic E-state index is 11.9. The van der Waals surface area contributed by atoms with Crippen LogP contribution in [-0.4, -0.2) is 23.7 Å². The van der Waals surface area contributed by atoms with Gasteiger partial charge < -0.3 is 10.1 Å². The van der Waals surface area contributed by atoms with Gasteiger partial charge in [0, 0.05) is 0 Å². The highest BCUT2D eigenvalue weighted by atomic mass is 32.2. The first-order valence-corrected chi connectivity index (χ1v) is 8.23. The Balaban J connectivity index is 2.79. The zero-order chi connectivity index (χ0) is 15.9. The first-order chi connectivity index (χ1) is 9.85. The van der Waals surface area contributed by atoms with E-state index >= 15 is 0 Å². The van der Waals surface area contributed by atoms with Crippen LogP contribution in [0.1, 0.15) is 44.4 Å². The monoisotopic (exact) mass is 306 g/mol. The van der Waals surface area contributed by atoms with Gasteiger partial charge in [0.2, 0.25) is 0 Å². The lowest BCUT2D eigenvalue weighted by atomic mass is 10.0. The molecule has 0 fully saturated rings. The van der Waals surface area contributed by atoms with Crippen molar-refractivity contribution in [2.45, 2.75) is 38.8 Å². The second kappa shape index (κ2) is 7.94. The Morgan fingerprint density at radius 3 is 2.48 bits per heavy atom. The number of benzene rings is 1. The number of nitriles is 1. The Bertz CT molecular complexity index is 500. The Hall–Kier alpha value is -1.67. The molecule has 5 heteroatoms. The normalized spacial score (nSPS) is 12.3. The number of thioether (sulfide) groups is 1. The first-order valence-electron chi connectivity index (χ1n) is 6.84. The van der Waals surface area contributed by atoms with Crippen molar-refractivity contribution in [1.82, 2.24) is 5.32 Å². The molecule has 0 spiro atoms. The van der Waals surface area contributed by atoms with Gasteiger partial charge in [0.25, 0.3) is 0 Å². The van der Waals surface area contributed by atoms with E-state index in [2.05, 4.69) is 11.4 Å². The molecule has 1 aromatic rings. The molecule has 0 heterocycles. The minimum atomic E-state index is -0.515. The predicted octanol–water partition coefficient (Wildman–Crippen LogP) is 3.88. The lowest BCUT2D eigenvalue weighted by Crippen LogP contribution is -2.35. The van der Waals surface area contributed by atoms with Gasteiger partial charge in [-0.2, -0.15) is 17.0 Å². The summed E-state index contributed by atoms with van der Waals surface area (Å²) in [6.45, 7) is 5.52. The first kappa shape index (κ1) is 17.4. The van der Waals surface area contributed by atoms with Crippen LogP contribution >= 0.6 is 11.8 Å². The molecule has 0 bridgehead atoms. The third-order valence-electron chi connectivity index (χ3n) is 2.74. The number of carbonyl (C=O) groups is 1. The summed E-state index contributed by atoms with van der Waals surface area (Å²) in [6, 6.07) is 9.26. The smallest absolute Gasteiger partial charge is 0.408 e. The van der Waals surface area contributed by atoms with Crippen molar-refractivity contribution in [3.8, 4) is 6.07 Å². The SMILES string of the molecule is CSCC[C@H](NC(=O)OC(C)(C)C)c1ccc(C#N)cc1. The van der Waals surface area contributed by atoms with Crippen molar-refractivity contribution in [2.24, 2.45) is 0 Å². The van der Waals surface area contributed by atoms with E-state index < -0.39 is 11.7 Å². The van der Waals surface area contributed by atoms with Crippen LogP contribution in [0.25, 0.3) is 0 Å². The topological polar surface area (TPSA) is 62.1 Å². The number of nitrogens with zero attached hydrogens (tertiary/aromatic N) is 1. The van der Waals surface area contributed by atoms with Gasteiger partial charge in [0.15, 0.2) is 0 Å². The van der Waals surface area contributed by atoms with Gasteiger partial charge in [-0.3, -0.25) is 0 Å². The summed E-state index contributed by atoms with van der Waals surface area (Å²) in [5.41, 5.74) is 1.08. The third kappa shape index (κ3) is 6.54. The van der Waals surface area contributed by atoms with Crippen molar-refractivity contribution in [3.63, 3.8) is 0 Å². The average molecular weight is 306 g/mol. The Morgan fingerprint density at radius 2 is 2.00 bits per heavy atom. The molecule has 1 atom stereocenters. The maximum Gasteiger partial charge on any atom is 0.408 e. The highest BCUT2D eigenvalue weighted by molar-refractivity contribution is 7.98.